The van der Waals surface area contributed by atoms with Crippen LogP contribution in [0.15, 0.2) is 83.8 Å². The minimum atomic E-state index is -3.56. The van der Waals surface area contributed by atoms with Crippen LogP contribution in [0.2, 0.25) is 0 Å². The summed E-state index contributed by atoms with van der Waals surface area (Å²) in [4.78, 5) is 13.2. The first-order valence-corrected chi connectivity index (χ1v) is 11.8. The number of sulfonamides is 1. The minimum absolute atomic E-state index is 0.186. The molecule has 0 saturated carbocycles. The van der Waals surface area contributed by atoms with Crippen LogP contribution in [0.5, 0.6) is 0 Å². The molecule has 31 heavy (non-hydrogen) atoms. The summed E-state index contributed by atoms with van der Waals surface area (Å²) < 4.78 is 26.7. The van der Waals surface area contributed by atoms with Crippen LogP contribution in [-0.2, 0) is 10.0 Å². The van der Waals surface area contributed by atoms with Gasteiger partial charge < -0.3 is 5.32 Å². The Morgan fingerprint density at radius 3 is 1.94 bits per heavy atom. The third kappa shape index (κ3) is 5.21. The van der Waals surface area contributed by atoms with E-state index >= 15 is 0 Å². The van der Waals surface area contributed by atoms with Crippen molar-refractivity contribution in [3.63, 3.8) is 0 Å². The molecule has 0 bridgehead atoms. The van der Waals surface area contributed by atoms with Crippen molar-refractivity contribution in [2.45, 2.75) is 31.7 Å². The zero-order valence-corrected chi connectivity index (χ0v) is 18.9. The van der Waals surface area contributed by atoms with Gasteiger partial charge in [0.25, 0.3) is 5.91 Å². The van der Waals surface area contributed by atoms with Gasteiger partial charge in [-0.15, -0.1) is 0 Å². The molecule has 162 valence electrons. The Morgan fingerprint density at radius 1 is 0.839 bits per heavy atom. The fraction of sp³-hybridized carbons (Fsp3) is 0.240. The average Bonchev–Trinajstić information content (AvgIpc) is 2.79. The van der Waals surface area contributed by atoms with Crippen LogP contribution in [0.3, 0.4) is 0 Å². The van der Waals surface area contributed by atoms with Crippen molar-refractivity contribution in [3.05, 3.63) is 101 Å². The van der Waals surface area contributed by atoms with Crippen LogP contribution in [0.25, 0.3) is 0 Å². The number of nitrogens with zero attached hydrogens (tertiary/aromatic N) is 1. The Hall–Kier alpha value is -2.96. The van der Waals surface area contributed by atoms with Gasteiger partial charge in [0.05, 0.1) is 10.9 Å². The predicted molar refractivity (Wildman–Crippen MR) is 123 cm³/mol. The van der Waals surface area contributed by atoms with Gasteiger partial charge in [0.1, 0.15) is 0 Å². The van der Waals surface area contributed by atoms with Crippen LogP contribution in [-0.4, -0.2) is 31.7 Å². The first kappa shape index (κ1) is 22.7. The summed E-state index contributed by atoms with van der Waals surface area (Å²) in [6, 6.07) is 23.6. The predicted octanol–water partition coefficient (Wildman–Crippen LogP) is 4.54. The molecular formula is C25H28N2O3S. The quantitative estimate of drug-likeness (QED) is 0.564. The molecule has 0 saturated heterocycles. The van der Waals surface area contributed by atoms with Crippen LogP contribution in [0, 0.1) is 6.92 Å². The highest BCUT2D eigenvalue weighted by molar-refractivity contribution is 7.89. The van der Waals surface area contributed by atoms with Crippen molar-refractivity contribution in [1.82, 2.24) is 9.62 Å². The Balaban J connectivity index is 1.86. The molecule has 1 amide bonds. The lowest BCUT2D eigenvalue weighted by molar-refractivity contribution is 0.0943. The van der Waals surface area contributed by atoms with E-state index in [2.05, 4.69) is 5.32 Å². The number of carbonyl (C=O) groups excluding carboxylic acids is 1. The van der Waals surface area contributed by atoms with Crippen LogP contribution >= 0.6 is 0 Å². The van der Waals surface area contributed by atoms with Crippen LogP contribution < -0.4 is 5.32 Å². The highest BCUT2D eigenvalue weighted by Gasteiger charge is 2.22. The Labute approximate surface area is 184 Å². The van der Waals surface area contributed by atoms with E-state index in [0.29, 0.717) is 18.7 Å². The van der Waals surface area contributed by atoms with E-state index < -0.39 is 10.0 Å². The van der Waals surface area contributed by atoms with Gasteiger partial charge in [-0.3, -0.25) is 4.79 Å². The third-order valence-electron chi connectivity index (χ3n) is 5.28. The molecule has 1 atom stereocenters. The van der Waals surface area contributed by atoms with E-state index in [1.165, 1.54) is 16.4 Å². The molecule has 0 heterocycles. The van der Waals surface area contributed by atoms with Crippen molar-refractivity contribution in [1.29, 1.82) is 0 Å². The van der Waals surface area contributed by atoms with E-state index in [4.69, 9.17) is 0 Å². The van der Waals surface area contributed by atoms with Crippen molar-refractivity contribution in [3.8, 4) is 0 Å². The number of aryl methyl sites for hydroxylation is 1. The number of benzene rings is 3. The summed E-state index contributed by atoms with van der Waals surface area (Å²) in [5.74, 6) is -0.263. The normalized spacial score (nSPS) is 12.5. The third-order valence-corrected chi connectivity index (χ3v) is 7.34. The summed E-state index contributed by atoms with van der Waals surface area (Å²) in [5.41, 5.74) is 3.50. The molecule has 1 N–H and O–H groups in total. The second-order valence-corrected chi connectivity index (χ2v) is 9.28. The molecular weight excluding hydrogens is 408 g/mol. The fourth-order valence-electron chi connectivity index (χ4n) is 3.47. The summed E-state index contributed by atoms with van der Waals surface area (Å²) in [6.07, 6.45) is 0. The smallest absolute Gasteiger partial charge is 0.252 e. The molecule has 3 rings (SSSR count). The van der Waals surface area contributed by atoms with Gasteiger partial charge in [-0.25, -0.2) is 8.42 Å². The SMILES string of the molecule is CCN(CC)S(=O)(=O)c1ccc(C(=O)NC(c2ccccc2)c2ccc(C)cc2)cc1. The zero-order chi connectivity index (χ0) is 22.4. The molecule has 0 radical (unpaired) electrons. The minimum Gasteiger partial charge on any atom is -0.341 e. The van der Waals surface area contributed by atoms with Gasteiger partial charge in [-0.1, -0.05) is 74.0 Å². The number of amides is 1. The largest absolute Gasteiger partial charge is 0.341 e. The second-order valence-electron chi connectivity index (χ2n) is 7.34. The number of carbonyl (C=O) groups is 1. The Morgan fingerprint density at radius 2 is 1.39 bits per heavy atom. The number of hydrogen-bond donors (Lipinski definition) is 1. The molecule has 0 fully saturated rings. The summed E-state index contributed by atoms with van der Waals surface area (Å²) >= 11 is 0. The monoisotopic (exact) mass is 436 g/mol. The summed E-state index contributed by atoms with van der Waals surface area (Å²) in [5, 5.41) is 3.09. The lowest BCUT2D eigenvalue weighted by atomic mass is 9.97. The first-order chi connectivity index (χ1) is 14.9. The van der Waals surface area contributed by atoms with E-state index in [0.717, 1.165) is 16.7 Å². The first-order valence-electron chi connectivity index (χ1n) is 10.4. The van der Waals surface area contributed by atoms with Gasteiger partial charge >= 0.3 is 0 Å². The van der Waals surface area contributed by atoms with Crippen molar-refractivity contribution in [2.24, 2.45) is 0 Å². The van der Waals surface area contributed by atoms with Crippen molar-refractivity contribution < 1.29 is 13.2 Å². The van der Waals surface area contributed by atoms with Gasteiger partial charge in [0.15, 0.2) is 0 Å². The Kier molecular flexibility index (Phi) is 7.25. The molecule has 0 aliphatic rings. The van der Waals surface area contributed by atoms with E-state index in [1.807, 2.05) is 61.5 Å². The van der Waals surface area contributed by atoms with E-state index in [1.54, 1.807) is 26.0 Å². The molecule has 6 heteroatoms. The second kappa shape index (κ2) is 9.90. The molecule has 0 aromatic heterocycles. The molecule has 3 aromatic carbocycles. The van der Waals surface area contributed by atoms with Gasteiger partial charge in [-0.05, 0) is 42.3 Å². The zero-order valence-electron chi connectivity index (χ0n) is 18.1. The standard InChI is InChI=1S/C25H28N2O3S/c1-4-27(5-2)31(29,30)23-17-15-22(16-18-23)25(28)26-24(20-9-7-6-8-10-20)21-13-11-19(3)12-14-21/h6-18,24H,4-5H2,1-3H3,(H,26,28). The maximum absolute atomic E-state index is 13.0. The van der Waals surface area contributed by atoms with E-state index in [-0.39, 0.29) is 16.8 Å². The van der Waals surface area contributed by atoms with Gasteiger partial charge in [0, 0.05) is 18.7 Å². The molecule has 5 nitrogen and oxygen atoms in total. The maximum Gasteiger partial charge on any atom is 0.252 e. The Bertz CT molecular complexity index is 1110. The van der Waals surface area contributed by atoms with Gasteiger partial charge in [0.2, 0.25) is 10.0 Å². The highest BCUT2D eigenvalue weighted by Crippen LogP contribution is 2.23. The van der Waals surface area contributed by atoms with Gasteiger partial charge in [-0.2, -0.15) is 4.31 Å². The van der Waals surface area contributed by atoms with E-state index in [9.17, 15) is 13.2 Å². The van der Waals surface area contributed by atoms with Crippen molar-refractivity contribution >= 4 is 15.9 Å². The molecule has 0 aliphatic carbocycles. The molecule has 0 aliphatic heterocycles. The summed E-state index contributed by atoms with van der Waals surface area (Å²) in [6.45, 7) is 6.43. The molecule has 0 spiro atoms. The number of nitrogens with one attached hydrogen (secondary N) is 1. The lowest BCUT2D eigenvalue weighted by Crippen LogP contribution is -2.31. The summed E-state index contributed by atoms with van der Waals surface area (Å²) in [7, 11) is -3.56. The molecule has 3 aromatic rings. The maximum atomic E-state index is 13.0. The topological polar surface area (TPSA) is 66.5 Å². The lowest BCUT2D eigenvalue weighted by Gasteiger charge is -2.21. The molecule has 1 unspecified atom stereocenters. The van der Waals surface area contributed by atoms with Crippen LogP contribution in [0.4, 0.5) is 0 Å². The van der Waals surface area contributed by atoms with Crippen LogP contribution in [0.1, 0.15) is 46.9 Å². The average molecular weight is 437 g/mol. The van der Waals surface area contributed by atoms with Crippen molar-refractivity contribution in [2.75, 3.05) is 13.1 Å². The number of rotatable bonds is 8. The highest BCUT2D eigenvalue weighted by atomic mass is 32.2. The fourth-order valence-corrected chi connectivity index (χ4v) is 4.93. The number of hydrogen-bond acceptors (Lipinski definition) is 3.